The van der Waals surface area contributed by atoms with Crippen LogP contribution in [0.5, 0.6) is 0 Å². The predicted molar refractivity (Wildman–Crippen MR) is 75.2 cm³/mol. The number of nitrogens with zero attached hydrogens (tertiary/aromatic N) is 1. The van der Waals surface area contributed by atoms with Crippen molar-refractivity contribution in [2.24, 2.45) is 0 Å². The number of carboxylic acid groups (broad SMARTS) is 1. The van der Waals surface area contributed by atoms with Crippen LogP contribution in [0.3, 0.4) is 0 Å². The summed E-state index contributed by atoms with van der Waals surface area (Å²) in [5.41, 5.74) is 1.94. The summed E-state index contributed by atoms with van der Waals surface area (Å²) in [5.74, 6) is -0.891. The monoisotopic (exact) mass is 269 g/mol. The minimum Gasteiger partial charge on any atom is -0.478 e. The molecule has 1 aromatic carbocycles. The third-order valence-corrected chi connectivity index (χ3v) is 3.99. The molecule has 0 saturated heterocycles. The van der Waals surface area contributed by atoms with Crippen LogP contribution in [0, 0.1) is 0 Å². The van der Waals surface area contributed by atoms with E-state index in [4.69, 9.17) is 5.11 Å². The maximum atomic E-state index is 11.2. The van der Waals surface area contributed by atoms with Gasteiger partial charge in [0.1, 0.15) is 0 Å². The molecular formula is C15H11NO2S. The highest BCUT2D eigenvalue weighted by Gasteiger charge is 2.21. The van der Waals surface area contributed by atoms with E-state index in [1.54, 1.807) is 24.0 Å². The van der Waals surface area contributed by atoms with Crippen LogP contribution in [0.25, 0.3) is 6.08 Å². The van der Waals surface area contributed by atoms with Gasteiger partial charge < -0.3 is 5.11 Å². The summed E-state index contributed by atoms with van der Waals surface area (Å²) in [6.07, 6.45) is 4.17. The van der Waals surface area contributed by atoms with Crippen molar-refractivity contribution in [2.75, 3.05) is 0 Å². The fraction of sp³-hybridized carbons (Fsp3) is 0.0667. The molecule has 0 radical (unpaired) electrons. The minimum absolute atomic E-state index is 0.352. The molecule has 1 heterocycles. The van der Waals surface area contributed by atoms with E-state index in [0.717, 1.165) is 21.1 Å². The molecule has 19 heavy (non-hydrogen) atoms. The van der Waals surface area contributed by atoms with E-state index in [2.05, 4.69) is 4.98 Å². The van der Waals surface area contributed by atoms with Crippen LogP contribution in [0.15, 0.2) is 52.4 Å². The molecule has 0 spiro atoms. The van der Waals surface area contributed by atoms with Gasteiger partial charge in [0.15, 0.2) is 0 Å². The second-order valence-electron chi connectivity index (χ2n) is 4.23. The van der Waals surface area contributed by atoms with Crippen molar-refractivity contribution < 1.29 is 9.90 Å². The number of carbonyl (C=O) groups is 1. The first-order chi connectivity index (χ1) is 9.24. The lowest BCUT2D eigenvalue weighted by atomic mass is 10.1. The first kappa shape index (κ1) is 12.0. The van der Waals surface area contributed by atoms with Gasteiger partial charge in [-0.15, -0.1) is 0 Å². The molecular weight excluding hydrogens is 258 g/mol. The van der Waals surface area contributed by atoms with E-state index < -0.39 is 5.97 Å². The maximum Gasteiger partial charge on any atom is 0.336 e. The zero-order valence-corrected chi connectivity index (χ0v) is 10.9. The Morgan fingerprint density at radius 3 is 2.74 bits per heavy atom. The molecule has 0 fully saturated rings. The third-order valence-electron chi connectivity index (χ3n) is 2.96. The highest BCUT2D eigenvalue weighted by Crippen LogP contribution is 2.36. The Labute approximate surface area is 115 Å². The van der Waals surface area contributed by atoms with Crippen LogP contribution < -0.4 is 0 Å². The Kier molecular flexibility index (Phi) is 3.09. The van der Waals surface area contributed by atoms with Gasteiger partial charge >= 0.3 is 5.97 Å². The largest absolute Gasteiger partial charge is 0.478 e. The van der Waals surface area contributed by atoms with Gasteiger partial charge in [-0.1, -0.05) is 30.0 Å². The molecule has 1 aliphatic carbocycles. The number of thioether (sulfide) groups is 1. The van der Waals surface area contributed by atoms with Crippen molar-refractivity contribution in [3.8, 4) is 0 Å². The summed E-state index contributed by atoms with van der Waals surface area (Å²) in [5, 5.41) is 9.17. The van der Waals surface area contributed by atoms with Crippen LogP contribution in [-0.4, -0.2) is 16.1 Å². The quantitative estimate of drug-likeness (QED) is 0.927. The molecule has 4 heteroatoms. The standard InChI is InChI=1S/C15H11NO2S/c17-15(18)12-6-7-16-14-9-11(8-13(12)14)19-10-4-2-1-3-5-10/h1-7,9H,8H2,(H,17,18). The second-order valence-corrected chi connectivity index (χ2v) is 5.43. The van der Waals surface area contributed by atoms with E-state index in [-0.39, 0.29) is 0 Å². The van der Waals surface area contributed by atoms with Gasteiger partial charge in [-0.3, -0.25) is 4.98 Å². The van der Waals surface area contributed by atoms with E-state index in [9.17, 15) is 4.79 Å². The number of carboxylic acids is 1. The fourth-order valence-corrected chi connectivity index (χ4v) is 3.09. The minimum atomic E-state index is -0.891. The molecule has 1 N–H and O–H groups in total. The summed E-state index contributed by atoms with van der Waals surface area (Å²) in [4.78, 5) is 17.7. The van der Waals surface area contributed by atoms with E-state index in [1.807, 2.05) is 36.4 Å². The molecule has 1 aliphatic rings. The molecule has 0 amide bonds. The van der Waals surface area contributed by atoms with Crippen molar-refractivity contribution >= 4 is 23.8 Å². The second kappa shape index (κ2) is 4.90. The van der Waals surface area contributed by atoms with Gasteiger partial charge in [0.05, 0.1) is 11.3 Å². The van der Waals surface area contributed by atoms with Gasteiger partial charge in [0.25, 0.3) is 0 Å². The van der Waals surface area contributed by atoms with E-state index >= 15 is 0 Å². The Balaban J connectivity index is 1.87. The zero-order chi connectivity index (χ0) is 13.2. The molecule has 0 aliphatic heterocycles. The van der Waals surface area contributed by atoms with Crippen molar-refractivity contribution in [1.29, 1.82) is 0 Å². The molecule has 94 valence electrons. The Morgan fingerprint density at radius 1 is 1.21 bits per heavy atom. The number of aromatic nitrogens is 1. The Morgan fingerprint density at radius 2 is 2.00 bits per heavy atom. The normalized spacial score (nSPS) is 12.9. The molecule has 0 atom stereocenters. The van der Waals surface area contributed by atoms with Crippen LogP contribution in [-0.2, 0) is 6.42 Å². The molecule has 3 rings (SSSR count). The fourth-order valence-electron chi connectivity index (χ4n) is 2.10. The number of hydrogen-bond donors (Lipinski definition) is 1. The summed E-state index contributed by atoms with van der Waals surface area (Å²) < 4.78 is 0. The van der Waals surface area contributed by atoms with Crippen LogP contribution in [0.4, 0.5) is 0 Å². The molecule has 0 bridgehead atoms. The van der Waals surface area contributed by atoms with Crippen molar-refractivity contribution in [2.45, 2.75) is 11.3 Å². The molecule has 2 aromatic rings. The molecule has 1 aromatic heterocycles. The Bertz CT molecular complexity index is 665. The number of allylic oxidation sites excluding steroid dienone is 1. The number of benzene rings is 1. The van der Waals surface area contributed by atoms with E-state index in [0.29, 0.717) is 12.0 Å². The highest BCUT2D eigenvalue weighted by atomic mass is 32.2. The van der Waals surface area contributed by atoms with Crippen LogP contribution in [0.1, 0.15) is 21.6 Å². The highest BCUT2D eigenvalue weighted by molar-refractivity contribution is 8.03. The number of aromatic carboxylic acids is 1. The van der Waals surface area contributed by atoms with Gasteiger partial charge in [-0.25, -0.2) is 4.79 Å². The summed E-state index contributed by atoms with van der Waals surface area (Å²) in [6.45, 7) is 0. The number of hydrogen-bond acceptors (Lipinski definition) is 3. The van der Waals surface area contributed by atoms with Crippen molar-refractivity contribution in [3.05, 3.63) is 64.3 Å². The van der Waals surface area contributed by atoms with Gasteiger partial charge in [0, 0.05) is 17.5 Å². The first-order valence-electron chi connectivity index (χ1n) is 5.88. The lowest BCUT2D eigenvalue weighted by Crippen LogP contribution is -2.03. The lowest BCUT2D eigenvalue weighted by molar-refractivity contribution is 0.0695. The van der Waals surface area contributed by atoms with E-state index in [1.165, 1.54) is 0 Å². The summed E-state index contributed by atoms with van der Waals surface area (Å²) >= 11 is 1.66. The van der Waals surface area contributed by atoms with Crippen LogP contribution in [0.2, 0.25) is 0 Å². The molecule has 0 saturated carbocycles. The number of pyridine rings is 1. The predicted octanol–water partition coefficient (Wildman–Crippen LogP) is 3.47. The maximum absolute atomic E-state index is 11.2. The average molecular weight is 269 g/mol. The van der Waals surface area contributed by atoms with Crippen molar-refractivity contribution in [1.82, 2.24) is 4.98 Å². The van der Waals surface area contributed by atoms with Gasteiger partial charge in [-0.05, 0) is 34.7 Å². The lowest BCUT2D eigenvalue weighted by Gasteiger charge is -2.04. The zero-order valence-electron chi connectivity index (χ0n) is 10.0. The van der Waals surface area contributed by atoms with Crippen LogP contribution >= 0.6 is 11.8 Å². The number of fused-ring (bicyclic) bond motifs is 1. The average Bonchev–Trinajstić information content (AvgIpc) is 2.81. The third kappa shape index (κ3) is 2.39. The Hall–Kier alpha value is -2.07. The van der Waals surface area contributed by atoms with Gasteiger partial charge in [0.2, 0.25) is 0 Å². The SMILES string of the molecule is O=C(O)c1ccnc2c1CC(Sc1ccccc1)=C2. The summed E-state index contributed by atoms with van der Waals surface area (Å²) in [6, 6.07) is 11.6. The van der Waals surface area contributed by atoms with Gasteiger partial charge in [-0.2, -0.15) is 0 Å². The summed E-state index contributed by atoms with van der Waals surface area (Å²) in [7, 11) is 0. The topological polar surface area (TPSA) is 50.2 Å². The van der Waals surface area contributed by atoms with Crippen molar-refractivity contribution in [3.63, 3.8) is 0 Å². The molecule has 0 unspecified atom stereocenters. The number of rotatable bonds is 3. The smallest absolute Gasteiger partial charge is 0.336 e. The first-order valence-corrected chi connectivity index (χ1v) is 6.70. The molecule has 3 nitrogen and oxygen atoms in total.